The Morgan fingerprint density at radius 3 is 2.68 bits per heavy atom. The van der Waals surface area contributed by atoms with Crippen LogP contribution in [0.1, 0.15) is 43.6 Å². The Bertz CT molecular complexity index is 966. The van der Waals surface area contributed by atoms with Gasteiger partial charge in [0.05, 0.1) is 10.8 Å². The van der Waals surface area contributed by atoms with E-state index >= 15 is 0 Å². The lowest BCUT2D eigenvalue weighted by atomic mass is 9.87. The molecule has 1 atom stereocenters. The van der Waals surface area contributed by atoms with Gasteiger partial charge in [-0.2, -0.15) is 0 Å². The summed E-state index contributed by atoms with van der Waals surface area (Å²) in [6.45, 7) is 0. The topological polar surface area (TPSA) is 135 Å². The fraction of sp³-hybridized carbons (Fsp3) is 0.444. The molecule has 1 saturated carbocycles. The first kappa shape index (κ1) is 20.0. The van der Waals surface area contributed by atoms with Crippen LogP contribution in [-0.4, -0.2) is 35.5 Å². The first-order valence-electron chi connectivity index (χ1n) is 9.04. The van der Waals surface area contributed by atoms with Crippen LogP contribution in [0.25, 0.3) is 0 Å². The monoisotopic (exact) mass is 406 g/mol. The molecule has 1 fully saturated rings. The Kier molecular flexibility index (Phi) is 5.78. The standard InChI is InChI=1S/C18H22N4O5S/c1-28(26,27)16-7-6-13(11-15(16)22(24)25)14(10-12-4-2-3-5-12)17(23)21-18-19-8-9-20-18/h6-9,11-12,14H,2-5,10H2,1H3,(H2,19,20,21,23). The van der Waals surface area contributed by atoms with Crippen molar-refractivity contribution in [2.75, 3.05) is 11.6 Å². The number of nitrogens with one attached hydrogen (secondary N) is 2. The van der Waals surface area contributed by atoms with Crippen LogP contribution < -0.4 is 5.32 Å². The molecule has 10 heteroatoms. The minimum Gasteiger partial charge on any atom is -0.331 e. The van der Waals surface area contributed by atoms with E-state index in [1.807, 2.05) is 0 Å². The highest BCUT2D eigenvalue weighted by atomic mass is 32.2. The highest BCUT2D eigenvalue weighted by molar-refractivity contribution is 7.90. The zero-order valence-corrected chi connectivity index (χ0v) is 16.2. The number of nitro benzene ring substituents is 1. The lowest BCUT2D eigenvalue weighted by Crippen LogP contribution is -2.24. The number of carbonyl (C=O) groups is 1. The van der Waals surface area contributed by atoms with E-state index in [1.54, 1.807) is 6.20 Å². The zero-order valence-electron chi connectivity index (χ0n) is 15.4. The van der Waals surface area contributed by atoms with Gasteiger partial charge in [-0.25, -0.2) is 13.4 Å². The van der Waals surface area contributed by atoms with Crippen LogP contribution in [0, 0.1) is 16.0 Å². The number of imidazole rings is 1. The summed E-state index contributed by atoms with van der Waals surface area (Å²) >= 11 is 0. The highest BCUT2D eigenvalue weighted by Crippen LogP contribution is 2.36. The van der Waals surface area contributed by atoms with Gasteiger partial charge in [-0.15, -0.1) is 0 Å². The number of sulfone groups is 1. The van der Waals surface area contributed by atoms with E-state index in [1.165, 1.54) is 24.4 Å². The van der Waals surface area contributed by atoms with Gasteiger partial charge < -0.3 is 4.98 Å². The van der Waals surface area contributed by atoms with Gasteiger partial charge in [-0.3, -0.25) is 20.2 Å². The molecule has 0 aliphatic heterocycles. The summed E-state index contributed by atoms with van der Waals surface area (Å²) in [4.78, 5) is 30.0. The third kappa shape index (κ3) is 4.56. The Labute approximate surface area is 162 Å². The van der Waals surface area contributed by atoms with Gasteiger partial charge in [0.15, 0.2) is 9.84 Å². The number of carbonyl (C=O) groups excluding carboxylic acids is 1. The smallest absolute Gasteiger partial charge is 0.288 e. The molecule has 2 N–H and O–H groups in total. The van der Waals surface area contributed by atoms with E-state index in [9.17, 15) is 23.3 Å². The molecule has 3 rings (SSSR count). The molecular weight excluding hydrogens is 384 g/mol. The summed E-state index contributed by atoms with van der Waals surface area (Å²) in [6.07, 6.45) is 8.77. The Hall–Kier alpha value is -2.75. The molecule has 1 aromatic carbocycles. The van der Waals surface area contributed by atoms with Gasteiger partial charge in [0.25, 0.3) is 5.69 Å². The van der Waals surface area contributed by atoms with Gasteiger partial charge in [0, 0.05) is 24.7 Å². The van der Waals surface area contributed by atoms with Crippen LogP contribution in [0.4, 0.5) is 11.6 Å². The SMILES string of the molecule is CS(=O)(=O)c1ccc(C(CC2CCCC2)C(=O)Nc2ncc[nH]2)cc1[N+](=O)[O-]. The summed E-state index contributed by atoms with van der Waals surface area (Å²) in [5.41, 5.74) is -0.0859. The molecule has 1 aliphatic rings. The van der Waals surface area contributed by atoms with Crippen LogP contribution >= 0.6 is 0 Å². The number of aromatic nitrogens is 2. The number of rotatable bonds is 7. The largest absolute Gasteiger partial charge is 0.331 e. The number of aromatic amines is 1. The van der Waals surface area contributed by atoms with Crippen molar-refractivity contribution in [1.29, 1.82) is 0 Å². The highest BCUT2D eigenvalue weighted by Gasteiger charge is 2.30. The number of hydrogen-bond acceptors (Lipinski definition) is 6. The minimum atomic E-state index is -3.76. The third-order valence-electron chi connectivity index (χ3n) is 5.08. The van der Waals surface area contributed by atoms with Crippen molar-refractivity contribution in [3.8, 4) is 0 Å². The fourth-order valence-corrected chi connectivity index (χ4v) is 4.55. The Morgan fingerprint density at radius 2 is 2.11 bits per heavy atom. The number of hydrogen-bond donors (Lipinski definition) is 2. The van der Waals surface area contributed by atoms with Crippen molar-refractivity contribution in [1.82, 2.24) is 9.97 Å². The number of H-pyrrole nitrogens is 1. The maximum atomic E-state index is 12.9. The van der Waals surface area contributed by atoms with Gasteiger partial charge in [-0.05, 0) is 24.0 Å². The number of nitro groups is 1. The van der Waals surface area contributed by atoms with Gasteiger partial charge in [-0.1, -0.05) is 31.7 Å². The second-order valence-electron chi connectivity index (χ2n) is 7.12. The van der Waals surface area contributed by atoms with Gasteiger partial charge >= 0.3 is 0 Å². The molecule has 1 unspecified atom stereocenters. The minimum absolute atomic E-state index is 0.295. The molecule has 0 spiro atoms. The predicted octanol–water partition coefficient (Wildman–Crippen LogP) is 3.02. The molecule has 0 bridgehead atoms. The average Bonchev–Trinajstić information content (AvgIpc) is 3.32. The maximum Gasteiger partial charge on any atom is 0.288 e. The van der Waals surface area contributed by atoms with E-state index in [0.29, 0.717) is 23.9 Å². The number of nitrogens with zero attached hydrogens (tertiary/aromatic N) is 2. The fourth-order valence-electron chi connectivity index (χ4n) is 3.72. The lowest BCUT2D eigenvalue weighted by molar-refractivity contribution is -0.387. The van der Waals surface area contributed by atoms with E-state index in [2.05, 4.69) is 15.3 Å². The molecule has 0 saturated heterocycles. The van der Waals surface area contributed by atoms with Gasteiger partial charge in [0.2, 0.25) is 11.9 Å². The molecule has 150 valence electrons. The number of benzene rings is 1. The molecule has 1 aliphatic carbocycles. The van der Waals surface area contributed by atoms with Crippen molar-refractivity contribution in [2.24, 2.45) is 5.92 Å². The average molecular weight is 406 g/mol. The first-order chi connectivity index (χ1) is 13.3. The van der Waals surface area contributed by atoms with Crippen molar-refractivity contribution in [3.05, 3.63) is 46.3 Å². The Morgan fingerprint density at radius 1 is 1.39 bits per heavy atom. The van der Waals surface area contributed by atoms with Crippen molar-refractivity contribution >= 4 is 27.4 Å². The van der Waals surface area contributed by atoms with E-state index in [4.69, 9.17) is 0 Å². The summed E-state index contributed by atoms with van der Waals surface area (Å²) in [6, 6.07) is 3.91. The van der Waals surface area contributed by atoms with Crippen LogP contribution in [0.2, 0.25) is 0 Å². The van der Waals surface area contributed by atoms with E-state index < -0.39 is 26.4 Å². The van der Waals surface area contributed by atoms with Crippen LogP contribution in [0.15, 0.2) is 35.5 Å². The predicted molar refractivity (Wildman–Crippen MR) is 103 cm³/mol. The van der Waals surface area contributed by atoms with Crippen LogP contribution in [0.3, 0.4) is 0 Å². The normalized spacial score (nSPS) is 16.0. The second kappa shape index (κ2) is 8.09. The molecular formula is C18H22N4O5S. The van der Waals surface area contributed by atoms with Crippen LogP contribution in [0.5, 0.6) is 0 Å². The van der Waals surface area contributed by atoms with E-state index in [-0.39, 0.29) is 10.8 Å². The molecule has 2 aromatic rings. The maximum absolute atomic E-state index is 12.9. The van der Waals surface area contributed by atoms with Crippen molar-refractivity contribution in [2.45, 2.75) is 42.9 Å². The first-order valence-corrected chi connectivity index (χ1v) is 10.9. The van der Waals surface area contributed by atoms with E-state index in [0.717, 1.165) is 31.9 Å². The molecule has 0 radical (unpaired) electrons. The molecule has 1 heterocycles. The number of amides is 1. The molecule has 1 aromatic heterocycles. The lowest BCUT2D eigenvalue weighted by Gasteiger charge is -2.20. The molecule has 1 amide bonds. The zero-order chi connectivity index (χ0) is 20.3. The third-order valence-corrected chi connectivity index (χ3v) is 6.23. The summed E-state index contributed by atoms with van der Waals surface area (Å²) in [5.74, 6) is -0.326. The van der Waals surface area contributed by atoms with Gasteiger partial charge in [0.1, 0.15) is 4.90 Å². The molecule has 9 nitrogen and oxygen atoms in total. The quantitative estimate of drug-likeness (QED) is 0.536. The summed E-state index contributed by atoms with van der Waals surface area (Å²) < 4.78 is 23.7. The summed E-state index contributed by atoms with van der Waals surface area (Å²) in [5, 5.41) is 14.1. The summed E-state index contributed by atoms with van der Waals surface area (Å²) in [7, 11) is -3.76. The number of anilines is 1. The molecule has 28 heavy (non-hydrogen) atoms. The second-order valence-corrected chi connectivity index (χ2v) is 9.11. The van der Waals surface area contributed by atoms with Crippen LogP contribution in [-0.2, 0) is 14.6 Å². The van der Waals surface area contributed by atoms with Crippen molar-refractivity contribution in [3.63, 3.8) is 0 Å². The Balaban J connectivity index is 1.97. The van der Waals surface area contributed by atoms with Crippen molar-refractivity contribution < 1.29 is 18.1 Å².